The number of nitrogens with two attached hydrogens (primary N) is 1. The zero-order valence-corrected chi connectivity index (χ0v) is 12.8. The lowest BCUT2D eigenvalue weighted by molar-refractivity contribution is -0.123. The largest absolute Gasteiger partial charge is 0.354 e. The van der Waals surface area contributed by atoms with Crippen LogP contribution in [0.15, 0.2) is 0 Å². The van der Waals surface area contributed by atoms with Crippen molar-refractivity contribution in [3.05, 3.63) is 0 Å². The maximum Gasteiger partial charge on any atom is 0.236 e. The number of rotatable bonds is 7. The molecule has 2 amide bonds. The van der Waals surface area contributed by atoms with Gasteiger partial charge in [0.2, 0.25) is 11.8 Å². The van der Waals surface area contributed by atoms with Gasteiger partial charge >= 0.3 is 0 Å². The molecule has 1 rings (SSSR count). The van der Waals surface area contributed by atoms with Gasteiger partial charge in [-0.05, 0) is 26.2 Å². The molecule has 0 radical (unpaired) electrons. The van der Waals surface area contributed by atoms with Crippen molar-refractivity contribution in [1.29, 1.82) is 0 Å². The molecule has 0 spiro atoms. The van der Waals surface area contributed by atoms with Crippen molar-refractivity contribution in [3.63, 3.8) is 0 Å². The van der Waals surface area contributed by atoms with E-state index in [1.165, 1.54) is 32.1 Å². The first kappa shape index (κ1) is 17.0. The highest BCUT2D eigenvalue weighted by atomic mass is 16.2. The van der Waals surface area contributed by atoms with Gasteiger partial charge in [0, 0.05) is 19.0 Å². The van der Waals surface area contributed by atoms with E-state index in [1.54, 1.807) is 0 Å². The number of carbonyl (C=O) groups excluding carboxylic acids is 2. The first-order valence-corrected chi connectivity index (χ1v) is 7.81. The molecule has 1 atom stereocenters. The molecule has 0 aromatic carbocycles. The van der Waals surface area contributed by atoms with Gasteiger partial charge in [-0.15, -0.1) is 0 Å². The van der Waals surface area contributed by atoms with Gasteiger partial charge in [0.1, 0.15) is 0 Å². The molecular weight excluding hydrogens is 254 g/mol. The smallest absolute Gasteiger partial charge is 0.236 e. The second-order valence-electron chi connectivity index (χ2n) is 6.11. The monoisotopic (exact) mass is 283 g/mol. The lowest BCUT2D eigenvalue weighted by Crippen LogP contribution is -2.43. The molecule has 1 aliphatic carbocycles. The molecule has 0 heterocycles. The van der Waals surface area contributed by atoms with E-state index in [2.05, 4.69) is 10.6 Å². The predicted octanol–water partition coefficient (Wildman–Crippen LogP) is 1.32. The summed E-state index contributed by atoms with van der Waals surface area (Å²) in [5.41, 5.74) is 5.93. The Balaban J connectivity index is 2.16. The zero-order valence-electron chi connectivity index (χ0n) is 12.8. The number of hydrogen-bond acceptors (Lipinski definition) is 3. The van der Waals surface area contributed by atoms with Crippen LogP contribution in [0.1, 0.15) is 58.8 Å². The molecule has 0 saturated heterocycles. The van der Waals surface area contributed by atoms with E-state index in [9.17, 15) is 9.59 Å². The quantitative estimate of drug-likeness (QED) is 0.659. The van der Waals surface area contributed by atoms with Gasteiger partial charge in [0.15, 0.2) is 0 Å². The van der Waals surface area contributed by atoms with Crippen LogP contribution in [0.5, 0.6) is 0 Å². The van der Waals surface area contributed by atoms with E-state index in [-0.39, 0.29) is 17.9 Å². The molecule has 0 aromatic heterocycles. The van der Waals surface area contributed by atoms with Crippen LogP contribution in [-0.4, -0.2) is 30.4 Å². The summed E-state index contributed by atoms with van der Waals surface area (Å²) in [7, 11) is 0. The maximum atomic E-state index is 11.9. The number of hydrogen-bond donors (Lipinski definition) is 3. The minimum absolute atomic E-state index is 0.0406. The van der Waals surface area contributed by atoms with Crippen LogP contribution in [0, 0.1) is 5.92 Å². The van der Waals surface area contributed by atoms with Crippen molar-refractivity contribution in [1.82, 2.24) is 10.6 Å². The third kappa shape index (κ3) is 6.89. The fourth-order valence-electron chi connectivity index (χ4n) is 2.71. The highest BCUT2D eigenvalue weighted by Gasteiger charge is 2.21. The molecule has 1 aliphatic rings. The molecule has 4 N–H and O–H groups in total. The molecule has 0 aromatic rings. The second kappa shape index (κ2) is 8.95. The average Bonchev–Trinajstić information content (AvgIpc) is 2.38. The van der Waals surface area contributed by atoms with Gasteiger partial charge in [-0.1, -0.05) is 32.1 Å². The first-order valence-electron chi connectivity index (χ1n) is 7.81. The van der Waals surface area contributed by atoms with Gasteiger partial charge in [0.25, 0.3) is 0 Å². The Morgan fingerprint density at radius 1 is 1.20 bits per heavy atom. The third-order valence-electron chi connectivity index (χ3n) is 3.75. The van der Waals surface area contributed by atoms with Gasteiger partial charge in [-0.3, -0.25) is 9.59 Å². The van der Waals surface area contributed by atoms with Crippen molar-refractivity contribution in [2.75, 3.05) is 6.54 Å². The molecule has 0 bridgehead atoms. The van der Waals surface area contributed by atoms with Crippen molar-refractivity contribution in [2.24, 2.45) is 11.7 Å². The van der Waals surface area contributed by atoms with Gasteiger partial charge in [0.05, 0.1) is 6.04 Å². The summed E-state index contributed by atoms with van der Waals surface area (Å²) in [5, 5.41) is 5.54. The second-order valence-corrected chi connectivity index (χ2v) is 6.11. The lowest BCUT2D eigenvalue weighted by Gasteiger charge is -2.24. The van der Waals surface area contributed by atoms with E-state index >= 15 is 0 Å². The van der Waals surface area contributed by atoms with Crippen LogP contribution in [0.25, 0.3) is 0 Å². The third-order valence-corrected chi connectivity index (χ3v) is 3.75. The van der Waals surface area contributed by atoms with Crippen molar-refractivity contribution >= 4 is 11.8 Å². The summed E-state index contributed by atoms with van der Waals surface area (Å²) < 4.78 is 0. The Hall–Kier alpha value is -1.10. The van der Waals surface area contributed by atoms with Gasteiger partial charge < -0.3 is 16.4 Å². The fraction of sp³-hybridized carbons (Fsp3) is 0.867. The molecule has 1 unspecified atom stereocenters. The van der Waals surface area contributed by atoms with Crippen LogP contribution in [0.4, 0.5) is 0 Å². The molecule has 116 valence electrons. The van der Waals surface area contributed by atoms with Gasteiger partial charge in [-0.25, -0.2) is 0 Å². The molecule has 1 fully saturated rings. The van der Waals surface area contributed by atoms with Crippen molar-refractivity contribution in [2.45, 2.75) is 70.9 Å². The Kier molecular flexibility index (Phi) is 7.59. The summed E-state index contributed by atoms with van der Waals surface area (Å²) in [6.07, 6.45) is 7.28. The number of amides is 2. The Morgan fingerprint density at radius 2 is 1.85 bits per heavy atom. The molecular formula is C15H29N3O2. The Labute approximate surface area is 122 Å². The van der Waals surface area contributed by atoms with E-state index in [0.717, 1.165) is 6.42 Å². The minimum Gasteiger partial charge on any atom is -0.354 e. The van der Waals surface area contributed by atoms with Gasteiger partial charge in [-0.2, -0.15) is 0 Å². The summed E-state index contributed by atoms with van der Waals surface area (Å²) in [5.74, 6) is 0.419. The van der Waals surface area contributed by atoms with E-state index in [0.29, 0.717) is 18.9 Å². The molecule has 20 heavy (non-hydrogen) atoms. The summed E-state index contributed by atoms with van der Waals surface area (Å²) in [6.45, 7) is 4.18. The molecule has 1 saturated carbocycles. The average molecular weight is 283 g/mol. The maximum absolute atomic E-state index is 11.9. The number of nitrogens with one attached hydrogen (secondary N) is 2. The topological polar surface area (TPSA) is 84.2 Å². The lowest BCUT2D eigenvalue weighted by atomic mass is 9.85. The Bertz CT molecular complexity index is 312. The predicted molar refractivity (Wildman–Crippen MR) is 80.1 cm³/mol. The van der Waals surface area contributed by atoms with Crippen LogP contribution in [-0.2, 0) is 9.59 Å². The van der Waals surface area contributed by atoms with E-state index < -0.39 is 6.04 Å². The summed E-state index contributed by atoms with van der Waals surface area (Å²) >= 11 is 0. The van der Waals surface area contributed by atoms with Crippen molar-refractivity contribution in [3.8, 4) is 0 Å². The van der Waals surface area contributed by atoms with Crippen LogP contribution in [0.2, 0.25) is 0 Å². The SMILES string of the molecule is CC(C)NC(=O)CCNC(=O)C(N)CC1CCCCC1. The highest BCUT2D eigenvalue weighted by molar-refractivity contribution is 5.82. The normalized spacial score (nSPS) is 17.8. The summed E-state index contributed by atoms with van der Waals surface area (Å²) in [6, 6.07) is -0.307. The first-order chi connectivity index (χ1) is 9.49. The minimum atomic E-state index is -0.439. The molecule has 5 nitrogen and oxygen atoms in total. The highest BCUT2D eigenvalue weighted by Crippen LogP contribution is 2.26. The van der Waals surface area contributed by atoms with E-state index in [4.69, 9.17) is 5.73 Å². The zero-order chi connectivity index (χ0) is 15.0. The van der Waals surface area contributed by atoms with Crippen LogP contribution in [0.3, 0.4) is 0 Å². The standard InChI is InChI=1S/C15H29N3O2/c1-11(2)18-14(19)8-9-17-15(20)13(16)10-12-6-4-3-5-7-12/h11-13H,3-10,16H2,1-2H3,(H,17,20)(H,18,19). The fourth-order valence-corrected chi connectivity index (χ4v) is 2.71. The van der Waals surface area contributed by atoms with E-state index in [1.807, 2.05) is 13.8 Å². The number of carbonyl (C=O) groups is 2. The van der Waals surface area contributed by atoms with Crippen molar-refractivity contribution < 1.29 is 9.59 Å². The Morgan fingerprint density at radius 3 is 2.45 bits per heavy atom. The molecule has 0 aliphatic heterocycles. The molecule has 5 heteroatoms. The summed E-state index contributed by atoms with van der Waals surface area (Å²) in [4.78, 5) is 23.3. The van der Waals surface area contributed by atoms with Crippen LogP contribution < -0.4 is 16.4 Å². The van der Waals surface area contributed by atoms with Crippen LogP contribution >= 0.6 is 0 Å².